The van der Waals surface area contributed by atoms with E-state index in [9.17, 15) is 5.26 Å². The van der Waals surface area contributed by atoms with Crippen molar-refractivity contribution in [3.63, 3.8) is 0 Å². The van der Waals surface area contributed by atoms with Crippen LogP contribution in [0.5, 0.6) is 0 Å². The molecule has 0 saturated heterocycles. The molecule has 0 unspecified atom stereocenters. The van der Waals surface area contributed by atoms with Crippen LogP contribution < -0.4 is 0 Å². The fourth-order valence-electron chi connectivity index (χ4n) is 8.86. The van der Waals surface area contributed by atoms with E-state index in [1.807, 2.05) is 36.4 Å². The molecule has 11 rings (SSSR count). The highest BCUT2D eigenvalue weighted by molar-refractivity contribution is 6.16. The van der Waals surface area contributed by atoms with Crippen molar-refractivity contribution in [3.8, 4) is 34.3 Å². The lowest BCUT2D eigenvalue weighted by Crippen LogP contribution is -2.01. The normalized spacial score (nSPS) is 11.6. The second-order valence-corrected chi connectivity index (χ2v) is 13.9. The second kappa shape index (κ2) is 11.8. The lowest BCUT2D eigenvalue weighted by atomic mass is 10.0. The predicted octanol–water partition coefficient (Wildman–Crippen LogP) is 13.1. The number of fused-ring (bicyclic) bond motifs is 9. The van der Waals surface area contributed by atoms with E-state index < -0.39 is 0 Å². The van der Waals surface area contributed by atoms with Crippen LogP contribution in [0.2, 0.25) is 0 Å². The van der Waals surface area contributed by atoms with Crippen molar-refractivity contribution in [2.45, 2.75) is 0 Å². The highest BCUT2D eigenvalue weighted by atomic mass is 15.1. The molecule has 3 aromatic heterocycles. The van der Waals surface area contributed by atoms with Crippen LogP contribution in [0.1, 0.15) is 5.56 Å². The summed E-state index contributed by atoms with van der Waals surface area (Å²) in [4.78, 5) is 4.30. The summed E-state index contributed by atoms with van der Waals surface area (Å²) >= 11 is 0. The molecule has 3 heterocycles. The van der Waals surface area contributed by atoms with Crippen molar-refractivity contribution in [2.24, 2.45) is 0 Å². The van der Waals surface area contributed by atoms with Crippen molar-refractivity contribution in [1.29, 1.82) is 5.26 Å². The van der Waals surface area contributed by atoms with Gasteiger partial charge in [-0.25, -0.2) is 4.85 Å². The Morgan fingerprint density at radius 1 is 0.436 bits per heavy atom. The zero-order valence-electron chi connectivity index (χ0n) is 29.5. The second-order valence-electron chi connectivity index (χ2n) is 13.9. The number of nitrogens with zero attached hydrogens (tertiary/aromatic N) is 5. The van der Waals surface area contributed by atoms with Gasteiger partial charge in [0.2, 0.25) is 5.69 Å². The molecule has 0 saturated carbocycles. The molecule has 254 valence electrons. The van der Waals surface area contributed by atoms with E-state index in [2.05, 4.69) is 164 Å². The number of rotatable bonds is 4. The highest BCUT2D eigenvalue weighted by Gasteiger charge is 2.23. The van der Waals surface area contributed by atoms with E-state index in [0.717, 1.165) is 82.8 Å². The maximum Gasteiger partial charge on any atom is 0.218 e. The lowest BCUT2D eigenvalue weighted by Gasteiger charge is -2.17. The Morgan fingerprint density at radius 2 is 0.927 bits per heavy atom. The Bertz CT molecular complexity index is 3420. The Labute approximate surface area is 316 Å². The molecule has 8 aromatic carbocycles. The fourth-order valence-corrected chi connectivity index (χ4v) is 8.86. The van der Waals surface area contributed by atoms with E-state index in [1.165, 1.54) is 10.8 Å². The molecular weight excluding hydrogens is 671 g/mol. The molecule has 0 aliphatic heterocycles. The predicted molar refractivity (Wildman–Crippen MR) is 226 cm³/mol. The Hall–Kier alpha value is -7.86. The standard InChI is InChI=1S/C50H29N5/c1-52-48-35(32-14-10-16-34(30-32)53-42-24-6-4-19-38(42)40-22-11-15-33(31-51)49(40)53)21-12-28-46(48)55-45-27-9-5-20-39(45)41-23-13-29-47(50(41)55)54-43-25-7-2-17-36(43)37-18-3-8-26-44(37)54/h2-30H. The highest BCUT2D eigenvalue weighted by Crippen LogP contribution is 2.44. The number of para-hydroxylation sites is 7. The van der Waals surface area contributed by atoms with Crippen molar-refractivity contribution in [1.82, 2.24) is 13.7 Å². The maximum absolute atomic E-state index is 10.2. The van der Waals surface area contributed by atoms with Gasteiger partial charge in [-0.2, -0.15) is 5.26 Å². The van der Waals surface area contributed by atoms with Crippen molar-refractivity contribution in [3.05, 3.63) is 193 Å². The van der Waals surface area contributed by atoms with Gasteiger partial charge in [-0.15, -0.1) is 0 Å². The van der Waals surface area contributed by atoms with Gasteiger partial charge in [-0.05, 0) is 65.7 Å². The molecule has 0 bridgehead atoms. The van der Waals surface area contributed by atoms with Crippen LogP contribution in [0, 0.1) is 17.9 Å². The minimum Gasteiger partial charge on any atom is -0.317 e. The van der Waals surface area contributed by atoms with Crippen LogP contribution in [0.25, 0.3) is 98.5 Å². The molecule has 0 radical (unpaired) electrons. The minimum atomic E-state index is 0.569. The van der Waals surface area contributed by atoms with E-state index >= 15 is 0 Å². The number of nitriles is 1. The molecule has 0 aliphatic rings. The first-order chi connectivity index (χ1) is 27.2. The molecule has 55 heavy (non-hydrogen) atoms. The van der Waals surface area contributed by atoms with Crippen LogP contribution in [-0.2, 0) is 0 Å². The van der Waals surface area contributed by atoms with Crippen LogP contribution in [0.15, 0.2) is 176 Å². The third-order valence-corrected chi connectivity index (χ3v) is 11.1. The molecule has 5 nitrogen and oxygen atoms in total. The van der Waals surface area contributed by atoms with Gasteiger partial charge in [0.15, 0.2) is 0 Å². The molecular formula is C50H29N5. The summed E-state index contributed by atoms with van der Waals surface area (Å²) in [5.74, 6) is 0. The summed E-state index contributed by atoms with van der Waals surface area (Å²) in [6.45, 7) is 8.73. The van der Waals surface area contributed by atoms with E-state index in [4.69, 9.17) is 6.57 Å². The topological polar surface area (TPSA) is 42.9 Å². The van der Waals surface area contributed by atoms with Crippen LogP contribution in [-0.4, -0.2) is 13.7 Å². The van der Waals surface area contributed by atoms with Gasteiger partial charge in [-0.3, -0.25) is 0 Å². The van der Waals surface area contributed by atoms with E-state index in [1.54, 1.807) is 0 Å². The van der Waals surface area contributed by atoms with Crippen LogP contribution >= 0.6 is 0 Å². The third-order valence-electron chi connectivity index (χ3n) is 11.1. The SMILES string of the molecule is [C-]#[N+]c1c(-c2cccc(-n3c4ccccc4c4cccc(C#N)c43)c2)cccc1-n1c2ccccc2c2cccc(-n3c4ccccc4c4ccccc43)c21. The first-order valence-electron chi connectivity index (χ1n) is 18.3. The summed E-state index contributed by atoms with van der Waals surface area (Å²) in [7, 11) is 0. The van der Waals surface area contributed by atoms with Crippen molar-refractivity contribution in [2.75, 3.05) is 0 Å². The fraction of sp³-hybridized carbons (Fsp3) is 0. The first-order valence-corrected chi connectivity index (χ1v) is 18.3. The summed E-state index contributed by atoms with van der Waals surface area (Å²) in [5.41, 5.74) is 12.0. The van der Waals surface area contributed by atoms with Gasteiger partial charge in [0, 0.05) is 38.0 Å². The zero-order chi connectivity index (χ0) is 36.6. The van der Waals surface area contributed by atoms with Gasteiger partial charge in [0.05, 0.1) is 56.6 Å². The average molecular weight is 700 g/mol. The van der Waals surface area contributed by atoms with Crippen molar-refractivity contribution < 1.29 is 0 Å². The Kier molecular flexibility index (Phi) is 6.61. The number of aromatic nitrogens is 3. The molecule has 0 aliphatic carbocycles. The van der Waals surface area contributed by atoms with Gasteiger partial charge < -0.3 is 13.7 Å². The molecule has 0 amide bonds. The van der Waals surface area contributed by atoms with E-state index in [-0.39, 0.29) is 0 Å². The lowest BCUT2D eigenvalue weighted by molar-refractivity contribution is 1.13. The molecule has 11 aromatic rings. The van der Waals surface area contributed by atoms with Crippen molar-refractivity contribution >= 4 is 71.1 Å². The zero-order valence-corrected chi connectivity index (χ0v) is 29.5. The maximum atomic E-state index is 10.2. The Balaban J connectivity index is 1.19. The Morgan fingerprint density at radius 3 is 1.56 bits per heavy atom. The van der Waals surface area contributed by atoms with Gasteiger partial charge in [0.25, 0.3) is 0 Å². The number of benzene rings is 8. The smallest absolute Gasteiger partial charge is 0.218 e. The third kappa shape index (κ3) is 4.33. The van der Waals surface area contributed by atoms with Crippen LogP contribution in [0.3, 0.4) is 0 Å². The van der Waals surface area contributed by atoms with Gasteiger partial charge >= 0.3 is 0 Å². The summed E-state index contributed by atoms with van der Waals surface area (Å²) in [6, 6.07) is 63.3. The largest absolute Gasteiger partial charge is 0.317 e. The first kappa shape index (κ1) is 30.7. The summed E-state index contributed by atoms with van der Waals surface area (Å²) in [6.07, 6.45) is 0. The number of hydrogen-bond donors (Lipinski definition) is 0. The monoisotopic (exact) mass is 699 g/mol. The van der Waals surface area contributed by atoms with E-state index in [0.29, 0.717) is 11.3 Å². The quantitative estimate of drug-likeness (QED) is 0.169. The molecule has 0 atom stereocenters. The van der Waals surface area contributed by atoms with Crippen LogP contribution in [0.4, 0.5) is 5.69 Å². The molecule has 0 fully saturated rings. The van der Waals surface area contributed by atoms with Gasteiger partial charge in [-0.1, -0.05) is 121 Å². The molecule has 5 heteroatoms. The van der Waals surface area contributed by atoms with Gasteiger partial charge in [0.1, 0.15) is 6.07 Å². The summed E-state index contributed by atoms with van der Waals surface area (Å²) < 4.78 is 6.84. The minimum absolute atomic E-state index is 0.569. The summed E-state index contributed by atoms with van der Waals surface area (Å²) in [5, 5.41) is 17.0. The number of hydrogen-bond acceptors (Lipinski definition) is 1. The molecule has 0 N–H and O–H groups in total. The molecule has 0 spiro atoms. The average Bonchev–Trinajstić information content (AvgIpc) is 3.89.